The molecule has 1 saturated heterocycles. The molecular formula is C27H29N3O5. The monoisotopic (exact) mass is 475 g/mol. The van der Waals surface area contributed by atoms with E-state index >= 15 is 0 Å². The lowest BCUT2D eigenvalue weighted by Crippen LogP contribution is -2.56. The van der Waals surface area contributed by atoms with E-state index in [1.165, 1.54) is 12.1 Å². The van der Waals surface area contributed by atoms with Gasteiger partial charge in [-0.05, 0) is 48.4 Å². The van der Waals surface area contributed by atoms with Gasteiger partial charge in [-0.25, -0.2) is 0 Å². The SMILES string of the molecule is O=C1C[C@]2(c3ccc([N+](=O)[O-])cc3)C(=O)N(C3CC3)c3cc(CO)ccc3[C@H]2N1C1CCCCC1. The van der Waals surface area contributed by atoms with Crippen molar-refractivity contribution in [3.05, 3.63) is 69.3 Å². The first kappa shape index (κ1) is 22.2. The van der Waals surface area contributed by atoms with Crippen LogP contribution in [0.4, 0.5) is 11.4 Å². The Bertz CT molecular complexity index is 1200. The molecule has 0 bridgehead atoms. The van der Waals surface area contributed by atoms with Gasteiger partial charge >= 0.3 is 0 Å². The number of nitrogens with zero attached hydrogens (tertiary/aromatic N) is 3. The molecule has 0 unspecified atom stereocenters. The van der Waals surface area contributed by atoms with Crippen LogP contribution in [-0.2, 0) is 21.6 Å². The third kappa shape index (κ3) is 3.30. The van der Waals surface area contributed by atoms with E-state index in [4.69, 9.17) is 0 Å². The van der Waals surface area contributed by atoms with Crippen molar-refractivity contribution < 1.29 is 19.6 Å². The second-order valence-electron chi connectivity index (χ2n) is 10.4. The van der Waals surface area contributed by atoms with Crippen LogP contribution in [0.5, 0.6) is 0 Å². The fourth-order valence-corrected chi connectivity index (χ4v) is 6.60. The van der Waals surface area contributed by atoms with E-state index in [0.29, 0.717) is 5.56 Å². The highest BCUT2D eigenvalue weighted by Gasteiger charge is 2.64. The summed E-state index contributed by atoms with van der Waals surface area (Å²) in [5.41, 5.74) is 1.96. The topological polar surface area (TPSA) is 104 Å². The number of nitro benzene ring substituents is 1. The lowest BCUT2D eigenvalue weighted by atomic mass is 9.67. The van der Waals surface area contributed by atoms with Crippen molar-refractivity contribution in [2.45, 2.75) is 81.5 Å². The Kier molecular flexibility index (Phi) is 5.18. The molecule has 2 aromatic carbocycles. The molecule has 35 heavy (non-hydrogen) atoms. The van der Waals surface area contributed by atoms with Crippen molar-refractivity contribution in [2.24, 2.45) is 0 Å². The van der Waals surface area contributed by atoms with Crippen molar-refractivity contribution in [2.75, 3.05) is 4.90 Å². The highest BCUT2D eigenvalue weighted by Crippen LogP contribution is 2.59. The molecule has 0 aromatic heterocycles. The minimum absolute atomic E-state index is 0.0246. The molecule has 2 amide bonds. The average molecular weight is 476 g/mol. The number of carbonyl (C=O) groups excluding carboxylic acids is 2. The molecule has 8 nitrogen and oxygen atoms in total. The van der Waals surface area contributed by atoms with Crippen LogP contribution in [0, 0.1) is 10.1 Å². The van der Waals surface area contributed by atoms with Crippen molar-refractivity contribution >= 4 is 23.2 Å². The van der Waals surface area contributed by atoms with E-state index in [-0.39, 0.29) is 42.6 Å². The number of hydrogen-bond donors (Lipinski definition) is 1. The van der Waals surface area contributed by atoms with Crippen molar-refractivity contribution in [1.29, 1.82) is 0 Å². The molecule has 2 aromatic rings. The van der Waals surface area contributed by atoms with Gasteiger partial charge in [0, 0.05) is 36.3 Å². The fourth-order valence-electron chi connectivity index (χ4n) is 6.60. The molecule has 2 atom stereocenters. The highest BCUT2D eigenvalue weighted by molar-refractivity contribution is 6.10. The van der Waals surface area contributed by atoms with Crippen molar-refractivity contribution in [3.8, 4) is 0 Å². The van der Waals surface area contributed by atoms with Gasteiger partial charge in [0.15, 0.2) is 0 Å². The standard InChI is InChI=1S/C27H29N3O5/c31-16-17-6-13-22-23(14-17)28(20-11-12-20)26(33)27(18-7-9-21(10-8-18)30(34)35)15-24(32)29(25(22)27)19-4-2-1-3-5-19/h6-10,13-14,19-20,25,31H,1-5,11-12,15-16H2/t25-,27-/m1/s1. The second-order valence-corrected chi connectivity index (χ2v) is 10.4. The zero-order valence-corrected chi connectivity index (χ0v) is 19.6. The minimum Gasteiger partial charge on any atom is -0.392 e. The molecule has 2 heterocycles. The Morgan fingerprint density at radius 3 is 2.31 bits per heavy atom. The number of benzene rings is 2. The molecule has 182 valence electrons. The smallest absolute Gasteiger partial charge is 0.269 e. The number of fused-ring (bicyclic) bond motifs is 3. The Labute approximate surface area is 203 Å². The lowest BCUT2D eigenvalue weighted by Gasteiger charge is -2.48. The zero-order chi connectivity index (χ0) is 24.3. The Morgan fingerprint density at radius 2 is 1.69 bits per heavy atom. The van der Waals surface area contributed by atoms with Gasteiger partial charge in [0.05, 0.1) is 17.6 Å². The van der Waals surface area contributed by atoms with E-state index < -0.39 is 16.4 Å². The van der Waals surface area contributed by atoms with Gasteiger partial charge in [-0.2, -0.15) is 0 Å². The van der Waals surface area contributed by atoms with E-state index in [2.05, 4.69) is 0 Å². The van der Waals surface area contributed by atoms with Crippen LogP contribution in [-0.4, -0.2) is 38.8 Å². The molecule has 8 heteroatoms. The van der Waals surface area contributed by atoms with Crippen molar-refractivity contribution in [3.63, 3.8) is 0 Å². The summed E-state index contributed by atoms with van der Waals surface area (Å²) in [5.74, 6) is -0.128. The lowest BCUT2D eigenvalue weighted by molar-refractivity contribution is -0.384. The molecule has 2 aliphatic heterocycles. The Hall–Kier alpha value is -3.26. The maximum atomic E-state index is 14.5. The first-order valence-electron chi connectivity index (χ1n) is 12.6. The summed E-state index contributed by atoms with van der Waals surface area (Å²) in [5, 5.41) is 21.1. The van der Waals surface area contributed by atoms with Gasteiger partial charge < -0.3 is 14.9 Å². The summed E-state index contributed by atoms with van der Waals surface area (Å²) in [7, 11) is 0. The molecule has 2 saturated carbocycles. The molecule has 4 aliphatic rings. The molecule has 1 N–H and O–H groups in total. The summed E-state index contributed by atoms with van der Waals surface area (Å²) in [6.45, 7) is -0.122. The number of hydrogen-bond acceptors (Lipinski definition) is 5. The van der Waals surface area contributed by atoms with Crippen LogP contribution < -0.4 is 4.90 Å². The summed E-state index contributed by atoms with van der Waals surface area (Å²) in [6, 6.07) is 11.6. The molecular weight excluding hydrogens is 446 g/mol. The van der Waals surface area contributed by atoms with E-state index in [1.54, 1.807) is 12.1 Å². The quantitative estimate of drug-likeness (QED) is 0.517. The van der Waals surface area contributed by atoms with Crippen LogP contribution in [0.3, 0.4) is 0 Å². The third-order valence-electron chi connectivity index (χ3n) is 8.37. The minimum atomic E-state index is -1.13. The maximum Gasteiger partial charge on any atom is 0.269 e. The van der Waals surface area contributed by atoms with E-state index in [1.807, 2.05) is 28.0 Å². The number of carbonyl (C=O) groups is 2. The molecule has 6 rings (SSSR count). The highest BCUT2D eigenvalue weighted by atomic mass is 16.6. The summed E-state index contributed by atoms with van der Waals surface area (Å²) >= 11 is 0. The van der Waals surface area contributed by atoms with E-state index in [0.717, 1.165) is 61.8 Å². The first-order chi connectivity index (χ1) is 17.0. The summed E-state index contributed by atoms with van der Waals surface area (Å²) < 4.78 is 0. The van der Waals surface area contributed by atoms with Gasteiger partial charge in [0.1, 0.15) is 5.41 Å². The number of anilines is 1. The van der Waals surface area contributed by atoms with Gasteiger partial charge in [-0.15, -0.1) is 0 Å². The van der Waals surface area contributed by atoms with Crippen LogP contribution in [0.15, 0.2) is 42.5 Å². The maximum absolute atomic E-state index is 14.5. The first-order valence-corrected chi connectivity index (χ1v) is 12.6. The van der Waals surface area contributed by atoms with Crippen LogP contribution in [0.25, 0.3) is 0 Å². The number of aliphatic hydroxyl groups excluding tert-OH is 1. The number of amides is 2. The number of aliphatic hydroxyl groups is 1. The number of nitro groups is 1. The summed E-state index contributed by atoms with van der Waals surface area (Å²) in [6.07, 6.45) is 6.98. The predicted octanol–water partition coefficient (Wildman–Crippen LogP) is 4.14. The molecule has 3 fully saturated rings. The Balaban J connectivity index is 1.58. The number of likely N-dealkylation sites (tertiary alicyclic amines) is 1. The molecule has 0 radical (unpaired) electrons. The van der Waals surface area contributed by atoms with Crippen LogP contribution in [0.2, 0.25) is 0 Å². The fraction of sp³-hybridized carbons (Fsp3) is 0.481. The normalized spacial score (nSPS) is 26.6. The third-order valence-corrected chi connectivity index (χ3v) is 8.37. The largest absolute Gasteiger partial charge is 0.392 e. The van der Waals surface area contributed by atoms with Crippen molar-refractivity contribution in [1.82, 2.24) is 4.90 Å². The molecule has 0 spiro atoms. The van der Waals surface area contributed by atoms with Crippen LogP contribution in [0.1, 0.15) is 74.1 Å². The van der Waals surface area contributed by atoms with Gasteiger partial charge in [-0.3, -0.25) is 19.7 Å². The van der Waals surface area contributed by atoms with Gasteiger partial charge in [0.25, 0.3) is 5.69 Å². The Morgan fingerprint density at radius 1 is 0.971 bits per heavy atom. The predicted molar refractivity (Wildman–Crippen MR) is 129 cm³/mol. The van der Waals surface area contributed by atoms with Gasteiger partial charge in [-0.1, -0.05) is 43.5 Å². The average Bonchev–Trinajstić information content (AvgIpc) is 3.66. The number of rotatable bonds is 5. The van der Waals surface area contributed by atoms with Gasteiger partial charge in [0.2, 0.25) is 11.8 Å². The zero-order valence-electron chi connectivity index (χ0n) is 19.6. The van der Waals surface area contributed by atoms with E-state index in [9.17, 15) is 24.8 Å². The van der Waals surface area contributed by atoms with Crippen LogP contribution >= 0.6 is 0 Å². The molecule has 2 aliphatic carbocycles. The second kappa shape index (κ2) is 8.16. The summed E-state index contributed by atoms with van der Waals surface area (Å²) in [4.78, 5) is 43.0. The number of non-ortho nitro benzene ring substituents is 1.